The van der Waals surface area contributed by atoms with E-state index in [0.29, 0.717) is 12.5 Å². The zero-order valence-corrected chi connectivity index (χ0v) is 16.0. The molecule has 0 radical (unpaired) electrons. The molecule has 1 aromatic heterocycles. The third-order valence-corrected chi connectivity index (χ3v) is 6.82. The summed E-state index contributed by atoms with van der Waals surface area (Å²) in [5.41, 5.74) is 2.21. The van der Waals surface area contributed by atoms with E-state index in [-0.39, 0.29) is 11.8 Å². The highest BCUT2D eigenvalue weighted by atomic mass is 32.1. The van der Waals surface area contributed by atoms with Crippen LogP contribution in [-0.4, -0.2) is 35.5 Å². The van der Waals surface area contributed by atoms with Gasteiger partial charge in [0.15, 0.2) is 0 Å². The van der Waals surface area contributed by atoms with E-state index in [4.69, 9.17) is 9.72 Å². The van der Waals surface area contributed by atoms with E-state index in [2.05, 4.69) is 24.3 Å². The fourth-order valence-corrected chi connectivity index (χ4v) is 5.28. The average molecular weight is 378 g/mol. The predicted octanol–water partition coefficient (Wildman–Crippen LogP) is 4.25. The quantitative estimate of drug-likeness (QED) is 0.669. The number of aromatic nitrogens is 1. The van der Waals surface area contributed by atoms with Crippen LogP contribution in [0, 0.1) is 5.92 Å². The second-order valence-electron chi connectivity index (χ2n) is 7.46. The molecule has 0 spiro atoms. The van der Waals surface area contributed by atoms with Crippen LogP contribution in [0.25, 0.3) is 10.2 Å². The highest BCUT2D eigenvalue weighted by Crippen LogP contribution is 2.34. The summed E-state index contributed by atoms with van der Waals surface area (Å²) in [6, 6.07) is 16.3. The molecule has 2 aromatic carbocycles. The number of rotatable bonds is 2. The molecule has 0 N–H and O–H groups in total. The Morgan fingerprint density at radius 2 is 2.00 bits per heavy atom. The lowest BCUT2D eigenvalue weighted by Gasteiger charge is -2.35. The van der Waals surface area contributed by atoms with Gasteiger partial charge in [-0.2, -0.15) is 0 Å². The van der Waals surface area contributed by atoms with Crippen LogP contribution < -0.4 is 4.74 Å². The SMILES string of the molecule is O=C([C@@H]1COc2ccccc2C1)N1CCC[C@H](c2nc3ccccc3s2)C1. The van der Waals surface area contributed by atoms with Gasteiger partial charge in [-0.05, 0) is 43.0 Å². The van der Waals surface area contributed by atoms with Crippen molar-refractivity contribution in [3.63, 3.8) is 0 Å². The lowest BCUT2D eigenvalue weighted by atomic mass is 9.93. The van der Waals surface area contributed by atoms with Crippen molar-refractivity contribution in [1.29, 1.82) is 0 Å². The molecule has 1 saturated heterocycles. The van der Waals surface area contributed by atoms with Gasteiger partial charge in [0.2, 0.25) is 5.91 Å². The molecule has 138 valence electrons. The number of hydrogen-bond acceptors (Lipinski definition) is 4. The van der Waals surface area contributed by atoms with E-state index in [9.17, 15) is 4.79 Å². The summed E-state index contributed by atoms with van der Waals surface area (Å²) in [7, 11) is 0. The second-order valence-corrected chi connectivity index (χ2v) is 8.53. The van der Waals surface area contributed by atoms with E-state index < -0.39 is 0 Å². The molecule has 1 amide bonds. The average Bonchev–Trinajstić information content (AvgIpc) is 3.17. The Kier molecular flexibility index (Phi) is 4.32. The Labute approximate surface area is 162 Å². The number of fused-ring (bicyclic) bond motifs is 2. The Morgan fingerprint density at radius 3 is 2.93 bits per heavy atom. The van der Waals surface area contributed by atoms with Gasteiger partial charge < -0.3 is 9.64 Å². The summed E-state index contributed by atoms with van der Waals surface area (Å²) >= 11 is 1.77. The Hall–Kier alpha value is -2.40. The molecule has 27 heavy (non-hydrogen) atoms. The van der Waals surface area contributed by atoms with Crippen LogP contribution in [0.4, 0.5) is 0 Å². The van der Waals surface area contributed by atoms with Gasteiger partial charge >= 0.3 is 0 Å². The fourth-order valence-electron chi connectivity index (χ4n) is 4.19. The van der Waals surface area contributed by atoms with Crippen molar-refractivity contribution in [2.75, 3.05) is 19.7 Å². The van der Waals surface area contributed by atoms with Crippen molar-refractivity contribution in [2.24, 2.45) is 5.92 Å². The number of carbonyl (C=O) groups is 1. The number of likely N-dealkylation sites (tertiary alicyclic amines) is 1. The molecule has 2 aliphatic rings. The summed E-state index contributed by atoms with van der Waals surface area (Å²) in [5.74, 6) is 1.42. The van der Waals surface area contributed by atoms with Crippen molar-refractivity contribution in [3.8, 4) is 5.75 Å². The zero-order chi connectivity index (χ0) is 18.2. The molecule has 0 aliphatic carbocycles. The van der Waals surface area contributed by atoms with Gasteiger partial charge in [-0.1, -0.05) is 30.3 Å². The number of piperidine rings is 1. The van der Waals surface area contributed by atoms with E-state index in [1.54, 1.807) is 11.3 Å². The molecule has 3 aromatic rings. The first kappa shape index (κ1) is 16.8. The van der Waals surface area contributed by atoms with Gasteiger partial charge in [-0.3, -0.25) is 4.79 Å². The topological polar surface area (TPSA) is 42.4 Å². The molecule has 0 saturated carbocycles. The molecule has 0 bridgehead atoms. The van der Waals surface area contributed by atoms with Crippen molar-refractivity contribution < 1.29 is 9.53 Å². The molecule has 5 heteroatoms. The molecular formula is C22H22N2O2S. The molecule has 1 fully saturated rings. The highest BCUT2D eigenvalue weighted by Gasteiger charge is 2.33. The van der Waals surface area contributed by atoms with Crippen LogP contribution in [0.15, 0.2) is 48.5 Å². The summed E-state index contributed by atoms with van der Waals surface area (Å²) in [6.07, 6.45) is 2.92. The van der Waals surface area contributed by atoms with Gasteiger partial charge in [0, 0.05) is 19.0 Å². The van der Waals surface area contributed by atoms with E-state index in [1.807, 2.05) is 29.2 Å². The summed E-state index contributed by atoms with van der Waals surface area (Å²) in [6.45, 7) is 2.10. The maximum absolute atomic E-state index is 13.1. The third-order valence-electron chi connectivity index (χ3n) is 5.62. The summed E-state index contributed by atoms with van der Waals surface area (Å²) in [4.78, 5) is 20.0. The first-order chi connectivity index (χ1) is 13.3. The lowest BCUT2D eigenvalue weighted by Crippen LogP contribution is -2.45. The zero-order valence-electron chi connectivity index (χ0n) is 15.1. The molecule has 5 rings (SSSR count). The van der Waals surface area contributed by atoms with E-state index >= 15 is 0 Å². The monoisotopic (exact) mass is 378 g/mol. The van der Waals surface area contributed by atoms with Gasteiger partial charge in [0.05, 0.1) is 21.1 Å². The third kappa shape index (κ3) is 3.21. The Morgan fingerprint density at radius 1 is 1.15 bits per heavy atom. The molecule has 3 heterocycles. The van der Waals surface area contributed by atoms with Gasteiger partial charge in [-0.25, -0.2) is 4.98 Å². The van der Waals surface area contributed by atoms with E-state index in [1.165, 1.54) is 9.71 Å². The normalized spacial score (nSPS) is 22.3. The van der Waals surface area contributed by atoms with Crippen LogP contribution in [0.1, 0.15) is 29.3 Å². The van der Waals surface area contributed by atoms with Crippen molar-refractivity contribution in [2.45, 2.75) is 25.2 Å². The summed E-state index contributed by atoms with van der Waals surface area (Å²) < 4.78 is 7.07. The van der Waals surface area contributed by atoms with Crippen molar-refractivity contribution >= 4 is 27.5 Å². The first-order valence-corrected chi connectivity index (χ1v) is 10.4. The number of benzene rings is 2. The number of thiazole rings is 1. The molecule has 4 nitrogen and oxygen atoms in total. The predicted molar refractivity (Wildman–Crippen MR) is 107 cm³/mol. The Balaban J connectivity index is 1.31. The van der Waals surface area contributed by atoms with Crippen molar-refractivity contribution in [1.82, 2.24) is 9.88 Å². The van der Waals surface area contributed by atoms with Crippen LogP contribution >= 0.6 is 11.3 Å². The maximum Gasteiger partial charge on any atom is 0.229 e. The minimum Gasteiger partial charge on any atom is -0.492 e. The largest absolute Gasteiger partial charge is 0.492 e. The van der Waals surface area contributed by atoms with Gasteiger partial charge in [-0.15, -0.1) is 11.3 Å². The lowest BCUT2D eigenvalue weighted by molar-refractivity contribution is -0.138. The van der Waals surface area contributed by atoms with Gasteiger partial charge in [0.25, 0.3) is 0 Å². The molecule has 0 unspecified atom stereocenters. The number of hydrogen-bond donors (Lipinski definition) is 0. The van der Waals surface area contributed by atoms with Crippen molar-refractivity contribution in [3.05, 3.63) is 59.1 Å². The minimum atomic E-state index is -0.0750. The molecule has 2 atom stereocenters. The van der Waals surface area contributed by atoms with Crippen LogP contribution in [-0.2, 0) is 11.2 Å². The highest BCUT2D eigenvalue weighted by molar-refractivity contribution is 7.18. The van der Waals surface area contributed by atoms with Crippen LogP contribution in [0.5, 0.6) is 5.75 Å². The number of para-hydroxylation sites is 2. The van der Waals surface area contributed by atoms with Crippen LogP contribution in [0.3, 0.4) is 0 Å². The van der Waals surface area contributed by atoms with Crippen LogP contribution in [0.2, 0.25) is 0 Å². The molecular weight excluding hydrogens is 356 g/mol. The first-order valence-electron chi connectivity index (χ1n) is 9.63. The number of nitrogens with zero attached hydrogens (tertiary/aromatic N) is 2. The number of amides is 1. The number of carbonyl (C=O) groups excluding carboxylic acids is 1. The second kappa shape index (κ2) is 6.97. The smallest absolute Gasteiger partial charge is 0.229 e. The fraction of sp³-hybridized carbons (Fsp3) is 0.364. The molecule has 2 aliphatic heterocycles. The number of ether oxygens (including phenoxy) is 1. The maximum atomic E-state index is 13.1. The standard InChI is InChI=1S/C22H22N2O2S/c25-22(17-12-15-6-1-3-9-19(15)26-14-17)24-11-5-7-16(13-24)21-23-18-8-2-4-10-20(18)27-21/h1-4,6,8-10,16-17H,5,7,11-14H2/t16-,17-/m0/s1. The summed E-state index contributed by atoms with van der Waals surface area (Å²) in [5, 5.41) is 1.17. The van der Waals surface area contributed by atoms with E-state index in [0.717, 1.165) is 49.2 Å². The van der Waals surface area contributed by atoms with Gasteiger partial charge in [0.1, 0.15) is 12.4 Å². The minimum absolute atomic E-state index is 0.0750. The Bertz CT molecular complexity index is 950.